The van der Waals surface area contributed by atoms with Gasteiger partial charge < -0.3 is 0 Å². The van der Waals surface area contributed by atoms with Gasteiger partial charge in [-0.05, 0) is 24.6 Å². The van der Waals surface area contributed by atoms with E-state index in [2.05, 4.69) is 4.72 Å². The van der Waals surface area contributed by atoms with Gasteiger partial charge >= 0.3 is 0 Å². The minimum Gasteiger partial charge on any atom is -0.211 e. The van der Waals surface area contributed by atoms with Gasteiger partial charge in [-0.3, -0.25) is 0 Å². The van der Waals surface area contributed by atoms with E-state index in [1.54, 1.807) is 0 Å². The van der Waals surface area contributed by atoms with Gasteiger partial charge in [-0.1, -0.05) is 23.2 Å². The Bertz CT molecular complexity index is 538. The number of halogens is 2. The average molecular weight is 293 g/mol. The highest BCUT2D eigenvalue weighted by molar-refractivity contribution is 7.89. The molecule has 4 nitrogen and oxygen atoms in total. The van der Waals surface area contributed by atoms with Crippen molar-refractivity contribution in [3.63, 3.8) is 0 Å². The summed E-state index contributed by atoms with van der Waals surface area (Å²) >= 11 is 11.4. The average Bonchev–Trinajstić information content (AvgIpc) is 2.28. The van der Waals surface area contributed by atoms with E-state index in [0.29, 0.717) is 17.9 Å². The molecule has 1 aromatic carbocycles. The second-order valence-corrected chi connectivity index (χ2v) is 5.82. The van der Waals surface area contributed by atoms with Gasteiger partial charge in [0.15, 0.2) is 0 Å². The van der Waals surface area contributed by atoms with Crippen molar-refractivity contribution in [1.29, 1.82) is 5.26 Å². The fraction of sp³-hybridized carbons (Fsp3) is 0.300. The zero-order valence-corrected chi connectivity index (χ0v) is 11.1. The van der Waals surface area contributed by atoms with Crippen LogP contribution in [0.25, 0.3) is 0 Å². The monoisotopic (exact) mass is 292 g/mol. The molecule has 92 valence electrons. The Morgan fingerprint density at radius 2 is 2.00 bits per heavy atom. The number of nitrogens with zero attached hydrogens (tertiary/aromatic N) is 1. The first-order valence-corrected chi connectivity index (χ1v) is 7.03. The Morgan fingerprint density at radius 1 is 1.29 bits per heavy atom. The molecule has 0 aliphatic heterocycles. The molecule has 0 saturated heterocycles. The third kappa shape index (κ3) is 4.17. The van der Waals surface area contributed by atoms with E-state index in [1.807, 2.05) is 6.07 Å². The van der Waals surface area contributed by atoms with Crippen LogP contribution in [0.15, 0.2) is 23.1 Å². The lowest BCUT2D eigenvalue weighted by Crippen LogP contribution is -2.24. The minimum atomic E-state index is -3.58. The van der Waals surface area contributed by atoms with E-state index in [4.69, 9.17) is 28.5 Å². The summed E-state index contributed by atoms with van der Waals surface area (Å²) in [4.78, 5) is 0.0591. The van der Waals surface area contributed by atoms with Crippen LogP contribution in [0.4, 0.5) is 0 Å². The summed E-state index contributed by atoms with van der Waals surface area (Å²) in [6.45, 7) is 0.218. The Hall–Kier alpha value is -0.800. The van der Waals surface area contributed by atoms with Crippen LogP contribution in [-0.2, 0) is 10.0 Å². The van der Waals surface area contributed by atoms with Gasteiger partial charge in [-0.15, -0.1) is 0 Å². The van der Waals surface area contributed by atoms with Gasteiger partial charge in [-0.25, -0.2) is 13.1 Å². The number of rotatable bonds is 5. The Labute approximate surface area is 110 Å². The maximum Gasteiger partial charge on any atom is 0.240 e. The molecular weight excluding hydrogens is 283 g/mol. The van der Waals surface area contributed by atoms with Crippen LogP contribution in [0.1, 0.15) is 12.8 Å². The SMILES string of the molecule is N#CCCCNS(=O)(=O)c1ccc(Cl)c(Cl)c1. The highest BCUT2D eigenvalue weighted by atomic mass is 35.5. The zero-order valence-electron chi connectivity index (χ0n) is 8.78. The fourth-order valence-electron chi connectivity index (χ4n) is 1.10. The molecule has 0 heterocycles. The molecule has 0 aliphatic rings. The number of hydrogen-bond acceptors (Lipinski definition) is 3. The molecular formula is C10H10Cl2N2O2S. The number of sulfonamides is 1. The normalized spacial score (nSPS) is 11.1. The summed E-state index contributed by atoms with van der Waals surface area (Å²) in [5, 5.41) is 8.81. The van der Waals surface area contributed by atoms with Gasteiger partial charge in [0.2, 0.25) is 10.0 Å². The lowest BCUT2D eigenvalue weighted by atomic mass is 10.3. The molecule has 7 heteroatoms. The lowest BCUT2D eigenvalue weighted by molar-refractivity contribution is 0.579. The van der Waals surface area contributed by atoms with Crippen LogP contribution >= 0.6 is 23.2 Å². The Balaban J connectivity index is 2.76. The molecule has 0 spiro atoms. The van der Waals surface area contributed by atoms with Gasteiger partial charge in [0.05, 0.1) is 21.0 Å². The van der Waals surface area contributed by atoms with Gasteiger partial charge in [0.1, 0.15) is 0 Å². The molecule has 0 unspecified atom stereocenters. The minimum absolute atomic E-state index is 0.0591. The van der Waals surface area contributed by atoms with Crippen LogP contribution < -0.4 is 4.72 Å². The number of benzene rings is 1. The summed E-state index contributed by atoms with van der Waals surface area (Å²) in [6.07, 6.45) is 0.779. The van der Waals surface area contributed by atoms with Crippen LogP contribution in [0.5, 0.6) is 0 Å². The number of nitriles is 1. The maximum atomic E-state index is 11.8. The molecule has 1 N–H and O–H groups in total. The van der Waals surface area contributed by atoms with Crippen LogP contribution in [-0.4, -0.2) is 15.0 Å². The molecule has 0 aliphatic carbocycles. The largest absolute Gasteiger partial charge is 0.240 e. The van der Waals surface area contributed by atoms with Crippen molar-refractivity contribution in [1.82, 2.24) is 4.72 Å². The molecule has 0 saturated carbocycles. The zero-order chi connectivity index (χ0) is 12.9. The third-order valence-corrected chi connectivity index (χ3v) is 4.16. The summed E-state index contributed by atoms with van der Waals surface area (Å²) in [7, 11) is -3.58. The fourth-order valence-corrected chi connectivity index (χ4v) is 2.56. The van der Waals surface area contributed by atoms with E-state index in [9.17, 15) is 8.42 Å². The molecule has 0 atom stereocenters. The standard InChI is InChI=1S/C10H10Cl2N2O2S/c11-9-4-3-8(7-10(9)12)17(15,16)14-6-2-1-5-13/h3-4,7,14H,1-2,6H2. The summed E-state index contributed by atoms with van der Waals surface area (Å²) in [6, 6.07) is 6.03. The van der Waals surface area contributed by atoms with Crippen molar-refractivity contribution in [3.8, 4) is 6.07 Å². The Kier molecular flexibility index (Phi) is 5.22. The van der Waals surface area contributed by atoms with Gasteiger partial charge in [0, 0.05) is 13.0 Å². The van der Waals surface area contributed by atoms with Crippen LogP contribution in [0, 0.1) is 11.3 Å². The number of nitrogens with one attached hydrogen (secondary N) is 1. The summed E-state index contributed by atoms with van der Waals surface area (Å²) < 4.78 is 25.9. The smallest absolute Gasteiger partial charge is 0.211 e. The van der Waals surface area contributed by atoms with E-state index in [-0.39, 0.29) is 16.5 Å². The number of hydrogen-bond donors (Lipinski definition) is 1. The van der Waals surface area contributed by atoms with Crippen molar-refractivity contribution in [3.05, 3.63) is 28.2 Å². The Morgan fingerprint density at radius 3 is 2.59 bits per heavy atom. The molecule has 0 aromatic heterocycles. The predicted molar refractivity (Wildman–Crippen MR) is 66.5 cm³/mol. The van der Waals surface area contributed by atoms with E-state index in [0.717, 1.165) is 0 Å². The van der Waals surface area contributed by atoms with E-state index < -0.39 is 10.0 Å². The molecule has 17 heavy (non-hydrogen) atoms. The van der Waals surface area contributed by atoms with Crippen LogP contribution in [0.2, 0.25) is 10.0 Å². The molecule has 0 radical (unpaired) electrons. The first-order valence-electron chi connectivity index (χ1n) is 4.79. The van der Waals surface area contributed by atoms with Crippen molar-refractivity contribution in [2.75, 3.05) is 6.54 Å². The topological polar surface area (TPSA) is 70.0 Å². The van der Waals surface area contributed by atoms with Gasteiger partial charge in [0.25, 0.3) is 0 Å². The predicted octanol–water partition coefficient (Wildman–Crippen LogP) is 2.58. The quantitative estimate of drug-likeness (QED) is 0.848. The summed E-state index contributed by atoms with van der Waals surface area (Å²) in [5.74, 6) is 0. The first-order chi connectivity index (χ1) is 7.97. The van der Waals surface area contributed by atoms with Crippen molar-refractivity contribution >= 4 is 33.2 Å². The summed E-state index contributed by atoms with van der Waals surface area (Å²) in [5.41, 5.74) is 0. The molecule has 1 aromatic rings. The molecule has 1 rings (SSSR count). The maximum absolute atomic E-state index is 11.8. The van der Waals surface area contributed by atoms with Crippen molar-refractivity contribution in [2.24, 2.45) is 0 Å². The van der Waals surface area contributed by atoms with Crippen molar-refractivity contribution < 1.29 is 8.42 Å². The second kappa shape index (κ2) is 6.22. The lowest BCUT2D eigenvalue weighted by Gasteiger charge is -2.06. The highest BCUT2D eigenvalue weighted by Gasteiger charge is 2.14. The molecule has 0 fully saturated rings. The molecule has 0 bridgehead atoms. The first kappa shape index (κ1) is 14.3. The van der Waals surface area contributed by atoms with Gasteiger partial charge in [-0.2, -0.15) is 5.26 Å². The molecule has 0 amide bonds. The van der Waals surface area contributed by atoms with Crippen molar-refractivity contribution in [2.45, 2.75) is 17.7 Å². The number of unbranched alkanes of at least 4 members (excludes halogenated alkanes) is 1. The van der Waals surface area contributed by atoms with E-state index >= 15 is 0 Å². The third-order valence-electron chi connectivity index (χ3n) is 1.96. The van der Waals surface area contributed by atoms with Crippen LogP contribution in [0.3, 0.4) is 0 Å². The van der Waals surface area contributed by atoms with E-state index in [1.165, 1.54) is 18.2 Å². The highest BCUT2D eigenvalue weighted by Crippen LogP contribution is 2.24. The second-order valence-electron chi connectivity index (χ2n) is 3.24.